The second-order valence-corrected chi connectivity index (χ2v) is 10.9. The van der Waals surface area contributed by atoms with Crippen molar-refractivity contribution in [2.45, 2.75) is 111 Å². The Bertz CT molecular complexity index is 830. The molecule has 3 aliphatic rings. The molecule has 2 saturated heterocycles. The smallest absolute Gasteiger partial charge is 0.249 e. The summed E-state index contributed by atoms with van der Waals surface area (Å²) in [6.45, 7) is 3.84. The molecule has 1 aliphatic carbocycles. The first kappa shape index (κ1) is 34.1. The van der Waals surface area contributed by atoms with E-state index in [-0.39, 0.29) is 32.0 Å². The molecule has 0 aromatic rings. The average Bonchev–Trinajstić information content (AvgIpc) is 2.95. The molecule has 16 heteroatoms. The third-order valence-electron chi connectivity index (χ3n) is 7.90. The summed E-state index contributed by atoms with van der Waals surface area (Å²) in [6.07, 6.45) is -6.46. The molecule has 1 amide bonds. The van der Waals surface area contributed by atoms with Crippen molar-refractivity contribution in [2.24, 2.45) is 28.7 Å². The van der Waals surface area contributed by atoms with Crippen molar-refractivity contribution in [1.82, 2.24) is 10.6 Å². The van der Waals surface area contributed by atoms with Gasteiger partial charge in [0.25, 0.3) is 0 Å². The van der Waals surface area contributed by atoms with Crippen LogP contribution < -0.4 is 39.3 Å². The van der Waals surface area contributed by atoms with E-state index in [1.807, 2.05) is 0 Å². The van der Waals surface area contributed by atoms with Gasteiger partial charge in [-0.05, 0) is 32.2 Å². The number of hydrogen-bond donors (Lipinski definition) is 11. The average molecular weight is 592 g/mol. The van der Waals surface area contributed by atoms with Crippen molar-refractivity contribution in [1.29, 1.82) is 0 Å². The van der Waals surface area contributed by atoms with E-state index in [1.54, 1.807) is 6.08 Å². The molecule has 3 fully saturated rings. The molecule has 0 bridgehead atoms. The number of nitrogens with two attached hydrogens (primary N) is 5. The highest BCUT2D eigenvalue weighted by atomic mass is 16.7. The second kappa shape index (κ2) is 15.9. The number of carbonyl (C=O) groups is 1. The van der Waals surface area contributed by atoms with Crippen LogP contribution in [0.1, 0.15) is 25.7 Å². The molecule has 0 aromatic heterocycles. The zero-order valence-electron chi connectivity index (χ0n) is 23.2. The number of hydrogen-bond acceptors (Lipinski definition) is 15. The van der Waals surface area contributed by atoms with Gasteiger partial charge in [-0.1, -0.05) is 6.08 Å². The molecule has 2 heterocycles. The van der Waals surface area contributed by atoms with Crippen LogP contribution in [-0.4, -0.2) is 138 Å². The van der Waals surface area contributed by atoms with E-state index in [1.165, 1.54) is 0 Å². The van der Waals surface area contributed by atoms with Gasteiger partial charge in [-0.2, -0.15) is 0 Å². The highest BCUT2D eigenvalue weighted by Gasteiger charge is 2.51. The van der Waals surface area contributed by atoms with Gasteiger partial charge >= 0.3 is 0 Å². The molecule has 0 spiro atoms. The first-order chi connectivity index (χ1) is 19.6. The van der Waals surface area contributed by atoms with Gasteiger partial charge in [-0.15, -0.1) is 6.58 Å². The van der Waals surface area contributed by atoms with E-state index < -0.39 is 91.9 Å². The SMILES string of the molecule is C=CCNC1C(O[C@H]2OC(CN)CCC2N)[C@@H](N)C[C@@H](NC(=O)[C@@H](O)CCN)[C@@H]1O[C@H]1OC(CO)[C@@H](O)[C@H](N)C1O. The van der Waals surface area contributed by atoms with Crippen molar-refractivity contribution < 1.29 is 44.2 Å². The minimum Gasteiger partial charge on any atom is -0.394 e. The van der Waals surface area contributed by atoms with Crippen LogP contribution in [0.4, 0.5) is 0 Å². The van der Waals surface area contributed by atoms with Crippen molar-refractivity contribution in [2.75, 3.05) is 26.2 Å². The maximum Gasteiger partial charge on any atom is 0.249 e. The van der Waals surface area contributed by atoms with Crippen LogP contribution in [0.25, 0.3) is 0 Å². The maximum atomic E-state index is 12.8. The highest BCUT2D eigenvalue weighted by molar-refractivity contribution is 5.80. The summed E-state index contributed by atoms with van der Waals surface area (Å²) >= 11 is 0. The molecule has 2 aliphatic heterocycles. The zero-order chi connectivity index (χ0) is 30.3. The Labute approximate surface area is 239 Å². The monoisotopic (exact) mass is 591 g/mol. The standard InChI is InChI=1S/C25H49N7O9/c1-2-7-31-18-21(40-24-12(28)4-3-11(9-27)38-24)13(29)8-14(32-23(37)15(34)5-6-26)22(18)41-25-20(36)17(30)19(35)16(10-33)39-25/h2,11-22,24-25,31,33-36H,1,3-10,26-30H2,(H,32,37)/t11?,12?,13-,14+,15-,16?,17-,18?,19+,20?,21?,22-,24+,25+/m0/s1. The third-order valence-corrected chi connectivity index (χ3v) is 7.90. The first-order valence-corrected chi connectivity index (χ1v) is 14.1. The van der Waals surface area contributed by atoms with Crippen LogP contribution in [0.3, 0.4) is 0 Å². The van der Waals surface area contributed by atoms with Crippen LogP contribution in [-0.2, 0) is 23.7 Å². The van der Waals surface area contributed by atoms with E-state index >= 15 is 0 Å². The lowest BCUT2D eigenvalue weighted by atomic mass is 9.81. The molecule has 16 N–H and O–H groups in total. The molecule has 0 radical (unpaired) electrons. The van der Waals surface area contributed by atoms with Gasteiger partial charge in [0.2, 0.25) is 5.91 Å². The summed E-state index contributed by atoms with van der Waals surface area (Å²) in [6, 6.07) is -3.87. The largest absolute Gasteiger partial charge is 0.394 e. The highest BCUT2D eigenvalue weighted by Crippen LogP contribution is 2.31. The van der Waals surface area contributed by atoms with E-state index in [0.717, 1.165) is 0 Å². The van der Waals surface area contributed by atoms with E-state index in [2.05, 4.69) is 17.2 Å². The van der Waals surface area contributed by atoms with Gasteiger partial charge in [0.05, 0.1) is 49.1 Å². The molecule has 1 saturated carbocycles. The fraction of sp³-hybridized carbons (Fsp3) is 0.880. The van der Waals surface area contributed by atoms with Gasteiger partial charge < -0.3 is 78.7 Å². The fourth-order valence-electron chi connectivity index (χ4n) is 5.51. The molecule has 14 atom stereocenters. The van der Waals surface area contributed by atoms with E-state index in [4.69, 9.17) is 47.6 Å². The van der Waals surface area contributed by atoms with Gasteiger partial charge in [0, 0.05) is 19.1 Å². The Balaban J connectivity index is 1.93. The van der Waals surface area contributed by atoms with Gasteiger partial charge in [0.1, 0.15) is 24.4 Å². The summed E-state index contributed by atoms with van der Waals surface area (Å²) in [5, 5.41) is 47.1. The summed E-state index contributed by atoms with van der Waals surface area (Å²) in [5.74, 6) is -0.683. The number of nitrogens with one attached hydrogen (secondary N) is 2. The van der Waals surface area contributed by atoms with Crippen molar-refractivity contribution in [3.63, 3.8) is 0 Å². The molecule has 16 nitrogen and oxygen atoms in total. The van der Waals surface area contributed by atoms with Gasteiger partial charge in [0.15, 0.2) is 12.6 Å². The minimum atomic E-state index is -1.48. The topological polar surface area (TPSA) is 289 Å². The van der Waals surface area contributed by atoms with Crippen molar-refractivity contribution in [3.8, 4) is 0 Å². The first-order valence-electron chi connectivity index (χ1n) is 14.1. The molecule has 238 valence electrons. The van der Waals surface area contributed by atoms with Crippen LogP contribution in [0.5, 0.6) is 0 Å². The molecule has 0 aromatic carbocycles. The maximum absolute atomic E-state index is 12.8. The van der Waals surface area contributed by atoms with E-state index in [0.29, 0.717) is 19.4 Å². The molecule has 41 heavy (non-hydrogen) atoms. The summed E-state index contributed by atoms with van der Waals surface area (Å²) in [4.78, 5) is 12.8. The van der Waals surface area contributed by atoms with Crippen LogP contribution in [0.15, 0.2) is 12.7 Å². The Morgan fingerprint density at radius 3 is 2.39 bits per heavy atom. The quantitative estimate of drug-likeness (QED) is 0.0890. The normalized spacial score (nSPS) is 42.4. The molecular weight excluding hydrogens is 542 g/mol. The second-order valence-electron chi connectivity index (χ2n) is 10.9. The number of carbonyl (C=O) groups excluding carboxylic acids is 1. The van der Waals surface area contributed by atoms with Crippen LogP contribution >= 0.6 is 0 Å². The Hall–Kier alpha value is -1.35. The number of aliphatic hydroxyl groups excluding tert-OH is 4. The van der Waals surface area contributed by atoms with Crippen LogP contribution in [0.2, 0.25) is 0 Å². The summed E-state index contributed by atoms with van der Waals surface area (Å²) in [5.41, 5.74) is 30.2. The zero-order valence-corrected chi connectivity index (χ0v) is 23.2. The number of amides is 1. The van der Waals surface area contributed by atoms with Crippen molar-refractivity contribution >= 4 is 5.91 Å². The lowest BCUT2D eigenvalue weighted by molar-refractivity contribution is -0.303. The lowest BCUT2D eigenvalue weighted by Crippen LogP contribution is -2.71. The van der Waals surface area contributed by atoms with Crippen LogP contribution in [0, 0.1) is 0 Å². The van der Waals surface area contributed by atoms with Gasteiger partial charge in [-0.25, -0.2) is 0 Å². The predicted octanol–water partition coefficient (Wildman–Crippen LogP) is -5.62. The number of ether oxygens (including phenoxy) is 4. The van der Waals surface area contributed by atoms with Crippen molar-refractivity contribution in [3.05, 3.63) is 12.7 Å². The Kier molecular flexibility index (Phi) is 13.3. The lowest BCUT2D eigenvalue weighted by Gasteiger charge is -2.50. The minimum absolute atomic E-state index is 0.0363. The molecular formula is C25H49N7O9. The third kappa shape index (κ3) is 8.39. The number of aliphatic hydroxyl groups is 4. The Morgan fingerprint density at radius 2 is 1.76 bits per heavy atom. The van der Waals surface area contributed by atoms with E-state index in [9.17, 15) is 25.2 Å². The molecule has 3 rings (SSSR count). The number of rotatable bonds is 13. The molecule has 6 unspecified atom stereocenters. The summed E-state index contributed by atoms with van der Waals surface area (Å²) < 4.78 is 24.3. The Morgan fingerprint density at radius 1 is 1.05 bits per heavy atom. The predicted molar refractivity (Wildman–Crippen MR) is 147 cm³/mol. The summed E-state index contributed by atoms with van der Waals surface area (Å²) in [7, 11) is 0. The fourth-order valence-corrected chi connectivity index (χ4v) is 5.51. The van der Waals surface area contributed by atoms with Gasteiger partial charge in [-0.3, -0.25) is 4.79 Å².